The lowest BCUT2D eigenvalue weighted by Crippen LogP contribution is -2.29. The highest BCUT2D eigenvalue weighted by Gasteiger charge is 2.09. The van der Waals surface area contributed by atoms with Gasteiger partial charge >= 0.3 is 0 Å². The zero-order chi connectivity index (χ0) is 18.9. The Labute approximate surface area is 165 Å². The second-order valence-electron chi connectivity index (χ2n) is 6.73. The Kier molecular flexibility index (Phi) is 4.29. The summed E-state index contributed by atoms with van der Waals surface area (Å²) in [6, 6.07) is 22.4. The van der Waals surface area contributed by atoms with E-state index >= 15 is 0 Å². The summed E-state index contributed by atoms with van der Waals surface area (Å²) in [7, 11) is 0. The van der Waals surface area contributed by atoms with Crippen LogP contribution in [0.4, 0.5) is 0 Å². The van der Waals surface area contributed by atoms with Crippen molar-refractivity contribution in [1.82, 2.24) is 4.57 Å². The summed E-state index contributed by atoms with van der Waals surface area (Å²) >= 11 is 1.45. The number of ether oxygens (including phenoxy) is 1. The number of fused-ring (bicyclic) bond motifs is 2. The highest BCUT2D eigenvalue weighted by atomic mass is 32.1. The van der Waals surface area contributed by atoms with Crippen molar-refractivity contribution in [3.05, 3.63) is 97.5 Å². The van der Waals surface area contributed by atoms with E-state index in [1.165, 1.54) is 27.7 Å². The van der Waals surface area contributed by atoms with Crippen molar-refractivity contribution in [1.29, 1.82) is 0 Å². The molecule has 0 aliphatic carbocycles. The van der Waals surface area contributed by atoms with Crippen LogP contribution >= 0.6 is 11.3 Å². The van der Waals surface area contributed by atoms with Gasteiger partial charge in [-0.05, 0) is 40.1 Å². The number of aromatic nitrogens is 1. The average molecular weight is 386 g/mol. The molecule has 28 heavy (non-hydrogen) atoms. The molecule has 5 heteroatoms. The molecule has 1 aromatic heterocycles. The van der Waals surface area contributed by atoms with Gasteiger partial charge in [-0.1, -0.05) is 65.9 Å². The molecular formula is C23H18N2O2S. The maximum atomic E-state index is 12.4. The van der Waals surface area contributed by atoms with Crippen LogP contribution < -0.4 is 19.6 Å². The summed E-state index contributed by atoms with van der Waals surface area (Å²) in [5, 5.41) is 2.43. The fourth-order valence-corrected chi connectivity index (χ4v) is 4.49. The van der Waals surface area contributed by atoms with E-state index in [4.69, 9.17) is 4.74 Å². The van der Waals surface area contributed by atoms with Crippen molar-refractivity contribution < 1.29 is 4.74 Å². The molecule has 3 aromatic carbocycles. The fourth-order valence-electron chi connectivity index (χ4n) is 3.46. The molecule has 2 heterocycles. The van der Waals surface area contributed by atoms with Crippen molar-refractivity contribution in [2.75, 3.05) is 6.54 Å². The Morgan fingerprint density at radius 2 is 1.86 bits per heavy atom. The molecule has 0 unspecified atom stereocenters. The standard InChI is InChI=1S/C23H18N2O2S/c26-22-21(28-23-24-12-13-25(22)23)14-16-8-10-19(11-9-16)27-15-18-6-3-5-17-4-1-2-7-20(17)18/h1-11,14H,12-13,15H2/b21-14+. The normalized spacial score (nSPS) is 13.5. The van der Waals surface area contributed by atoms with Crippen molar-refractivity contribution in [2.24, 2.45) is 4.99 Å². The zero-order valence-electron chi connectivity index (χ0n) is 15.2. The van der Waals surface area contributed by atoms with Crippen LogP contribution in [0, 0.1) is 0 Å². The second kappa shape index (κ2) is 7.09. The predicted octanol–water partition coefficient (Wildman–Crippen LogP) is 3.10. The van der Waals surface area contributed by atoms with Gasteiger partial charge in [-0.3, -0.25) is 14.4 Å². The van der Waals surface area contributed by atoms with Crippen LogP contribution in [-0.4, -0.2) is 11.1 Å². The van der Waals surface area contributed by atoms with E-state index in [0.29, 0.717) is 19.7 Å². The zero-order valence-corrected chi connectivity index (χ0v) is 16.0. The topological polar surface area (TPSA) is 43.6 Å². The third kappa shape index (κ3) is 3.14. The maximum Gasteiger partial charge on any atom is 0.270 e. The molecule has 0 saturated carbocycles. The van der Waals surface area contributed by atoms with Crippen LogP contribution in [0.5, 0.6) is 5.75 Å². The number of thiazole rings is 1. The first kappa shape index (κ1) is 17.0. The van der Waals surface area contributed by atoms with Crippen LogP contribution in [-0.2, 0) is 13.2 Å². The predicted molar refractivity (Wildman–Crippen MR) is 113 cm³/mol. The number of hydrogen-bond acceptors (Lipinski definition) is 4. The average Bonchev–Trinajstić information content (AvgIpc) is 3.31. The summed E-state index contributed by atoms with van der Waals surface area (Å²) in [5.41, 5.74) is 2.20. The van der Waals surface area contributed by atoms with Crippen molar-refractivity contribution >= 4 is 28.2 Å². The molecular weight excluding hydrogens is 368 g/mol. The van der Waals surface area contributed by atoms with Crippen LogP contribution in [0.25, 0.3) is 16.8 Å². The lowest BCUT2D eigenvalue weighted by atomic mass is 10.1. The van der Waals surface area contributed by atoms with Crippen LogP contribution in [0.15, 0.2) is 76.5 Å². The largest absolute Gasteiger partial charge is 0.489 e. The Balaban J connectivity index is 1.36. The van der Waals surface area contributed by atoms with Gasteiger partial charge in [0, 0.05) is 6.54 Å². The van der Waals surface area contributed by atoms with E-state index in [0.717, 1.165) is 20.6 Å². The molecule has 5 rings (SSSR count). The molecule has 0 atom stereocenters. The van der Waals surface area contributed by atoms with E-state index in [-0.39, 0.29) is 5.56 Å². The van der Waals surface area contributed by atoms with E-state index < -0.39 is 0 Å². The van der Waals surface area contributed by atoms with Gasteiger partial charge in [0.15, 0.2) is 4.80 Å². The van der Waals surface area contributed by atoms with E-state index in [1.807, 2.05) is 42.5 Å². The highest BCUT2D eigenvalue weighted by Crippen LogP contribution is 2.21. The van der Waals surface area contributed by atoms with Crippen molar-refractivity contribution in [3.63, 3.8) is 0 Å². The number of rotatable bonds is 4. The highest BCUT2D eigenvalue weighted by molar-refractivity contribution is 7.07. The second-order valence-corrected chi connectivity index (χ2v) is 7.74. The van der Waals surface area contributed by atoms with E-state index in [2.05, 4.69) is 35.3 Å². The van der Waals surface area contributed by atoms with Crippen LogP contribution in [0.2, 0.25) is 0 Å². The van der Waals surface area contributed by atoms with Gasteiger partial charge in [0.05, 0.1) is 11.1 Å². The molecule has 0 N–H and O–H groups in total. The van der Waals surface area contributed by atoms with Gasteiger partial charge < -0.3 is 4.74 Å². The smallest absolute Gasteiger partial charge is 0.270 e. The van der Waals surface area contributed by atoms with Crippen LogP contribution in [0.3, 0.4) is 0 Å². The van der Waals surface area contributed by atoms with Gasteiger partial charge in [-0.25, -0.2) is 0 Å². The summed E-state index contributed by atoms with van der Waals surface area (Å²) in [5.74, 6) is 0.811. The Bertz CT molecular complexity index is 1330. The van der Waals surface area contributed by atoms with Gasteiger partial charge in [0.25, 0.3) is 5.56 Å². The SMILES string of the molecule is O=c1/c(=C\c2ccc(OCc3cccc4ccccc34)cc2)sc2n1CCN=2. The Morgan fingerprint density at radius 1 is 1.04 bits per heavy atom. The molecule has 138 valence electrons. The van der Waals surface area contributed by atoms with E-state index in [9.17, 15) is 4.79 Å². The minimum Gasteiger partial charge on any atom is -0.489 e. The first-order valence-corrected chi connectivity index (χ1v) is 10.0. The molecule has 1 aliphatic heterocycles. The lowest BCUT2D eigenvalue weighted by Gasteiger charge is -2.09. The number of hydrogen-bond donors (Lipinski definition) is 0. The van der Waals surface area contributed by atoms with Gasteiger partial charge in [0.1, 0.15) is 12.4 Å². The Hall–Kier alpha value is -3.18. The van der Waals surface area contributed by atoms with Gasteiger partial charge in [-0.2, -0.15) is 0 Å². The number of benzene rings is 3. The maximum absolute atomic E-state index is 12.4. The Morgan fingerprint density at radius 3 is 2.71 bits per heavy atom. The molecule has 0 spiro atoms. The molecule has 1 aliphatic rings. The van der Waals surface area contributed by atoms with Gasteiger partial charge in [-0.15, -0.1) is 0 Å². The van der Waals surface area contributed by atoms with Crippen molar-refractivity contribution in [2.45, 2.75) is 13.2 Å². The monoisotopic (exact) mass is 386 g/mol. The number of nitrogens with zero attached hydrogens (tertiary/aromatic N) is 2. The third-order valence-electron chi connectivity index (χ3n) is 4.91. The minimum atomic E-state index is 0.0533. The van der Waals surface area contributed by atoms with E-state index in [1.54, 1.807) is 4.57 Å². The first-order valence-electron chi connectivity index (χ1n) is 9.23. The fraction of sp³-hybridized carbons (Fsp3) is 0.130. The molecule has 0 radical (unpaired) electrons. The third-order valence-corrected chi connectivity index (χ3v) is 5.96. The van der Waals surface area contributed by atoms with Gasteiger partial charge in [0.2, 0.25) is 0 Å². The quantitative estimate of drug-likeness (QED) is 0.541. The first-order chi connectivity index (χ1) is 13.8. The molecule has 0 saturated heterocycles. The van der Waals surface area contributed by atoms with Crippen LogP contribution in [0.1, 0.15) is 11.1 Å². The lowest BCUT2D eigenvalue weighted by molar-refractivity contribution is 0.307. The summed E-state index contributed by atoms with van der Waals surface area (Å²) < 4.78 is 8.46. The molecule has 0 bridgehead atoms. The molecule has 4 nitrogen and oxygen atoms in total. The summed E-state index contributed by atoms with van der Waals surface area (Å²) in [4.78, 5) is 17.5. The molecule has 4 aromatic rings. The summed E-state index contributed by atoms with van der Waals surface area (Å²) in [6.07, 6.45) is 1.92. The molecule has 0 fully saturated rings. The summed E-state index contributed by atoms with van der Waals surface area (Å²) in [6.45, 7) is 1.93. The van der Waals surface area contributed by atoms with Crippen molar-refractivity contribution in [3.8, 4) is 5.75 Å². The molecule has 0 amide bonds. The minimum absolute atomic E-state index is 0.0533.